The third-order valence-corrected chi connectivity index (χ3v) is 3.34. The van der Waals surface area contributed by atoms with Crippen molar-refractivity contribution in [2.24, 2.45) is 0 Å². The Hall–Kier alpha value is -2.29. The van der Waals surface area contributed by atoms with Crippen LogP contribution in [0.25, 0.3) is 11.1 Å². The molecule has 0 atom stereocenters. The predicted octanol–water partition coefficient (Wildman–Crippen LogP) is 3.39. The fourth-order valence-electron chi connectivity index (χ4n) is 2.42. The van der Waals surface area contributed by atoms with E-state index in [1.165, 1.54) is 7.11 Å². The normalized spacial score (nSPS) is 10.3. The molecule has 0 amide bonds. The van der Waals surface area contributed by atoms with E-state index in [1.54, 1.807) is 12.1 Å². The summed E-state index contributed by atoms with van der Waals surface area (Å²) >= 11 is 0. The Morgan fingerprint density at radius 2 is 1.65 bits per heavy atom. The average molecular weight is 270 g/mol. The lowest BCUT2D eigenvalue weighted by Crippen LogP contribution is -2.04. The summed E-state index contributed by atoms with van der Waals surface area (Å²) in [6.07, 6.45) is 0.282. The van der Waals surface area contributed by atoms with Gasteiger partial charge in [-0.15, -0.1) is 0 Å². The van der Waals surface area contributed by atoms with Crippen molar-refractivity contribution in [3.8, 4) is 16.9 Å². The van der Waals surface area contributed by atoms with Crippen LogP contribution in [-0.2, 0) is 16.0 Å². The zero-order chi connectivity index (χ0) is 14.7. The number of esters is 1. The molecule has 2 aromatic carbocycles. The number of aromatic hydroxyl groups is 1. The van der Waals surface area contributed by atoms with Gasteiger partial charge in [0.15, 0.2) is 0 Å². The number of phenols is 1. The Kier molecular flexibility index (Phi) is 4.08. The summed E-state index contributed by atoms with van der Waals surface area (Å²) < 4.78 is 4.65. The molecule has 0 unspecified atom stereocenters. The van der Waals surface area contributed by atoms with Crippen LogP contribution in [0.4, 0.5) is 0 Å². The first-order chi connectivity index (χ1) is 9.51. The van der Waals surface area contributed by atoms with E-state index in [0.29, 0.717) is 0 Å². The Morgan fingerprint density at radius 1 is 1.10 bits per heavy atom. The largest absolute Gasteiger partial charge is 0.508 e. The number of methoxy groups -OCH3 is 1. The number of benzene rings is 2. The second-order valence-electron chi connectivity index (χ2n) is 4.90. The van der Waals surface area contributed by atoms with Gasteiger partial charge in [-0.1, -0.05) is 24.3 Å². The molecule has 0 saturated heterocycles. The highest BCUT2D eigenvalue weighted by molar-refractivity contribution is 5.74. The molecule has 0 aliphatic heterocycles. The second kappa shape index (κ2) is 5.78. The summed E-state index contributed by atoms with van der Waals surface area (Å²) in [7, 11) is 1.39. The number of phenolic OH excluding ortho intramolecular Hbond substituents is 1. The number of carbonyl (C=O) groups excluding carboxylic acids is 1. The third-order valence-electron chi connectivity index (χ3n) is 3.34. The maximum Gasteiger partial charge on any atom is 0.309 e. The number of ether oxygens (including phenoxy) is 1. The molecule has 20 heavy (non-hydrogen) atoms. The lowest BCUT2D eigenvalue weighted by atomic mass is 9.94. The summed E-state index contributed by atoms with van der Waals surface area (Å²) in [5.74, 6) is 0.0424. The van der Waals surface area contributed by atoms with Crippen LogP contribution in [0.2, 0.25) is 0 Å². The number of aryl methyl sites for hydroxylation is 2. The van der Waals surface area contributed by atoms with Gasteiger partial charge in [-0.05, 0) is 53.8 Å². The summed E-state index contributed by atoms with van der Waals surface area (Å²) in [4.78, 5) is 11.2. The van der Waals surface area contributed by atoms with E-state index in [0.717, 1.165) is 27.8 Å². The van der Waals surface area contributed by atoms with Gasteiger partial charge in [0, 0.05) is 0 Å². The lowest BCUT2D eigenvalue weighted by Gasteiger charge is -2.11. The molecule has 104 valence electrons. The molecule has 1 N–H and O–H groups in total. The van der Waals surface area contributed by atoms with Crippen molar-refractivity contribution in [3.63, 3.8) is 0 Å². The minimum atomic E-state index is -0.241. The van der Waals surface area contributed by atoms with Crippen molar-refractivity contribution >= 4 is 5.97 Å². The molecule has 0 aliphatic carbocycles. The smallest absolute Gasteiger partial charge is 0.309 e. The quantitative estimate of drug-likeness (QED) is 0.870. The number of rotatable bonds is 3. The maximum absolute atomic E-state index is 11.2. The van der Waals surface area contributed by atoms with E-state index in [1.807, 2.05) is 38.1 Å². The molecular formula is C17H18O3. The molecule has 0 aromatic heterocycles. The van der Waals surface area contributed by atoms with Crippen LogP contribution in [-0.4, -0.2) is 18.2 Å². The zero-order valence-corrected chi connectivity index (χ0v) is 11.9. The molecule has 0 radical (unpaired) electrons. The van der Waals surface area contributed by atoms with Gasteiger partial charge < -0.3 is 9.84 Å². The van der Waals surface area contributed by atoms with E-state index in [4.69, 9.17) is 0 Å². The van der Waals surface area contributed by atoms with Crippen molar-refractivity contribution in [2.45, 2.75) is 20.3 Å². The van der Waals surface area contributed by atoms with Gasteiger partial charge in [-0.3, -0.25) is 4.79 Å². The maximum atomic E-state index is 11.2. The summed E-state index contributed by atoms with van der Waals surface area (Å²) in [6, 6.07) is 11.3. The molecular weight excluding hydrogens is 252 g/mol. The molecule has 0 heterocycles. The van der Waals surface area contributed by atoms with Crippen LogP contribution in [0.1, 0.15) is 16.7 Å². The van der Waals surface area contributed by atoms with Crippen LogP contribution in [0.5, 0.6) is 5.75 Å². The molecule has 0 fully saturated rings. The first-order valence-corrected chi connectivity index (χ1v) is 6.47. The number of hydrogen-bond donors (Lipinski definition) is 1. The SMILES string of the molecule is COC(=O)Cc1ccc(-c2c(C)cc(O)cc2C)cc1. The van der Waals surface area contributed by atoms with Crippen molar-refractivity contribution < 1.29 is 14.6 Å². The van der Waals surface area contributed by atoms with Crippen LogP contribution in [0, 0.1) is 13.8 Å². The number of hydrogen-bond acceptors (Lipinski definition) is 3. The first-order valence-electron chi connectivity index (χ1n) is 6.47. The van der Waals surface area contributed by atoms with Gasteiger partial charge >= 0.3 is 5.97 Å². The van der Waals surface area contributed by atoms with Crippen LogP contribution in [0.3, 0.4) is 0 Å². The van der Waals surface area contributed by atoms with Crippen molar-refractivity contribution in [2.75, 3.05) is 7.11 Å². The van der Waals surface area contributed by atoms with Gasteiger partial charge in [-0.2, -0.15) is 0 Å². The molecule has 0 bridgehead atoms. The van der Waals surface area contributed by atoms with Crippen molar-refractivity contribution in [1.29, 1.82) is 0 Å². The Labute approximate surface area is 118 Å². The van der Waals surface area contributed by atoms with Crippen LogP contribution >= 0.6 is 0 Å². The Balaban J connectivity index is 2.33. The number of carbonyl (C=O) groups is 1. The van der Waals surface area contributed by atoms with E-state index in [-0.39, 0.29) is 18.1 Å². The molecule has 3 heteroatoms. The van der Waals surface area contributed by atoms with E-state index in [9.17, 15) is 9.90 Å². The zero-order valence-electron chi connectivity index (χ0n) is 11.9. The highest BCUT2D eigenvalue weighted by atomic mass is 16.5. The highest BCUT2D eigenvalue weighted by Gasteiger charge is 2.08. The summed E-state index contributed by atoms with van der Waals surface area (Å²) in [5, 5.41) is 9.58. The monoisotopic (exact) mass is 270 g/mol. The van der Waals surface area contributed by atoms with Crippen molar-refractivity contribution in [3.05, 3.63) is 53.1 Å². The fourth-order valence-corrected chi connectivity index (χ4v) is 2.42. The van der Waals surface area contributed by atoms with Gasteiger partial charge in [0.1, 0.15) is 5.75 Å². The molecule has 0 spiro atoms. The van der Waals surface area contributed by atoms with Gasteiger partial charge in [-0.25, -0.2) is 0 Å². The van der Waals surface area contributed by atoms with Gasteiger partial charge in [0.2, 0.25) is 0 Å². The standard InChI is InChI=1S/C17H18O3/c1-11-8-15(18)9-12(2)17(11)14-6-4-13(5-7-14)10-16(19)20-3/h4-9,18H,10H2,1-3H3. The minimum Gasteiger partial charge on any atom is -0.508 e. The third kappa shape index (κ3) is 2.99. The molecule has 3 nitrogen and oxygen atoms in total. The average Bonchev–Trinajstić information content (AvgIpc) is 2.39. The second-order valence-corrected chi connectivity index (χ2v) is 4.90. The lowest BCUT2D eigenvalue weighted by molar-refractivity contribution is -0.139. The summed E-state index contributed by atoms with van der Waals surface area (Å²) in [5.41, 5.74) is 5.18. The molecule has 2 aromatic rings. The molecule has 0 saturated carbocycles. The first kappa shape index (κ1) is 14.1. The van der Waals surface area contributed by atoms with Crippen molar-refractivity contribution in [1.82, 2.24) is 0 Å². The minimum absolute atomic E-state index is 0.241. The van der Waals surface area contributed by atoms with Gasteiger partial charge in [0.25, 0.3) is 0 Å². The molecule has 2 rings (SSSR count). The predicted molar refractivity (Wildman–Crippen MR) is 78.7 cm³/mol. The van der Waals surface area contributed by atoms with Crippen LogP contribution in [0.15, 0.2) is 36.4 Å². The van der Waals surface area contributed by atoms with E-state index < -0.39 is 0 Å². The van der Waals surface area contributed by atoms with E-state index in [2.05, 4.69) is 4.74 Å². The van der Waals surface area contributed by atoms with E-state index >= 15 is 0 Å². The van der Waals surface area contributed by atoms with Crippen LogP contribution < -0.4 is 0 Å². The summed E-state index contributed by atoms with van der Waals surface area (Å²) in [6.45, 7) is 3.95. The molecule has 0 aliphatic rings. The topological polar surface area (TPSA) is 46.5 Å². The Bertz CT molecular complexity index is 604. The van der Waals surface area contributed by atoms with Gasteiger partial charge in [0.05, 0.1) is 13.5 Å². The Morgan fingerprint density at radius 3 is 2.15 bits per heavy atom. The highest BCUT2D eigenvalue weighted by Crippen LogP contribution is 2.30. The fraction of sp³-hybridized carbons (Fsp3) is 0.235.